The summed E-state index contributed by atoms with van der Waals surface area (Å²) in [5.74, 6) is 0.375. The Labute approximate surface area is 172 Å². The van der Waals surface area contributed by atoms with Gasteiger partial charge in [-0.05, 0) is 41.1 Å². The van der Waals surface area contributed by atoms with Crippen LogP contribution in [0.2, 0.25) is 0 Å². The molecule has 30 heavy (non-hydrogen) atoms. The number of alkyl halides is 3. The molecule has 0 aliphatic carbocycles. The summed E-state index contributed by atoms with van der Waals surface area (Å²) >= 11 is 0. The Hall–Kier alpha value is -3.22. The Bertz CT molecular complexity index is 1070. The van der Waals surface area contributed by atoms with E-state index < -0.39 is 11.7 Å². The summed E-state index contributed by atoms with van der Waals surface area (Å²) < 4.78 is 44.4. The van der Waals surface area contributed by atoms with Crippen LogP contribution >= 0.6 is 0 Å². The van der Waals surface area contributed by atoms with Crippen molar-refractivity contribution in [1.82, 2.24) is 4.90 Å². The predicted molar refractivity (Wildman–Crippen MR) is 110 cm³/mol. The molecule has 0 atom stereocenters. The molecule has 1 saturated heterocycles. The molecule has 0 aromatic heterocycles. The summed E-state index contributed by atoms with van der Waals surface area (Å²) in [6.45, 7) is 1.77. The number of fused-ring (bicyclic) bond motifs is 1. The highest BCUT2D eigenvalue weighted by molar-refractivity contribution is 6.01. The highest BCUT2D eigenvalue weighted by Gasteiger charge is 2.31. The minimum atomic E-state index is -4.37. The SMILES string of the molecule is COc1cc2ccccc2cc1C(=O)N1CCN(c2cccc(C(F)(F)F)c2)CC1. The van der Waals surface area contributed by atoms with E-state index in [-0.39, 0.29) is 5.91 Å². The van der Waals surface area contributed by atoms with Crippen molar-refractivity contribution in [3.63, 3.8) is 0 Å². The average Bonchev–Trinajstić information content (AvgIpc) is 2.77. The summed E-state index contributed by atoms with van der Waals surface area (Å²) in [6.07, 6.45) is -4.37. The number of piperazine rings is 1. The van der Waals surface area contributed by atoms with Crippen molar-refractivity contribution in [2.24, 2.45) is 0 Å². The Morgan fingerprint density at radius 2 is 1.57 bits per heavy atom. The van der Waals surface area contributed by atoms with Gasteiger partial charge in [0.25, 0.3) is 5.91 Å². The highest BCUT2D eigenvalue weighted by Crippen LogP contribution is 2.32. The lowest BCUT2D eigenvalue weighted by Gasteiger charge is -2.36. The molecule has 3 aromatic rings. The van der Waals surface area contributed by atoms with E-state index in [9.17, 15) is 18.0 Å². The zero-order chi connectivity index (χ0) is 21.3. The third-order valence-corrected chi connectivity index (χ3v) is 5.40. The smallest absolute Gasteiger partial charge is 0.416 e. The lowest BCUT2D eigenvalue weighted by Crippen LogP contribution is -2.48. The molecular weight excluding hydrogens is 393 g/mol. The normalized spacial score (nSPS) is 14.8. The van der Waals surface area contributed by atoms with Crippen molar-refractivity contribution in [2.75, 3.05) is 38.2 Å². The molecule has 156 valence electrons. The van der Waals surface area contributed by atoms with Crippen LogP contribution in [0.5, 0.6) is 5.75 Å². The van der Waals surface area contributed by atoms with Crippen LogP contribution in [0.15, 0.2) is 60.7 Å². The maximum atomic E-state index is 13.1. The third kappa shape index (κ3) is 3.92. The van der Waals surface area contributed by atoms with Crippen LogP contribution in [-0.4, -0.2) is 44.1 Å². The molecule has 0 saturated carbocycles. The van der Waals surface area contributed by atoms with Gasteiger partial charge in [-0.25, -0.2) is 0 Å². The third-order valence-electron chi connectivity index (χ3n) is 5.40. The lowest BCUT2D eigenvalue weighted by atomic mass is 10.0. The number of ether oxygens (including phenoxy) is 1. The molecule has 1 aliphatic rings. The molecule has 0 radical (unpaired) electrons. The van der Waals surface area contributed by atoms with Gasteiger partial charge in [-0.15, -0.1) is 0 Å². The van der Waals surface area contributed by atoms with Gasteiger partial charge in [0.2, 0.25) is 0 Å². The number of hydrogen-bond acceptors (Lipinski definition) is 3. The van der Waals surface area contributed by atoms with Crippen LogP contribution in [0.25, 0.3) is 10.8 Å². The molecule has 0 spiro atoms. The Morgan fingerprint density at radius 3 is 2.20 bits per heavy atom. The molecule has 4 nitrogen and oxygen atoms in total. The zero-order valence-electron chi connectivity index (χ0n) is 16.4. The molecule has 1 amide bonds. The van der Waals surface area contributed by atoms with Crippen LogP contribution in [0.4, 0.5) is 18.9 Å². The highest BCUT2D eigenvalue weighted by atomic mass is 19.4. The van der Waals surface area contributed by atoms with Crippen molar-refractivity contribution in [3.8, 4) is 5.75 Å². The van der Waals surface area contributed by atoms with Gasteiger partial charge in [0, 0.05) is 31.9 Å². The Morgan fingerprint density at radius 1 is 0.900 bits per heavy atom. The lowest BCUT2D eigenvalue weighted by molar-refractivity contribution is -0.137. The van der Waals surface area contributed by atoms with Crippen LogP contribution in [0.1, 0.15) is 15.9 Å². The summed E-state index contributed by atoms with van der Waals surface area (Å²) in [7, 11) is 1.53. The summed E-state index contributed by atoms with van der Waals surface area (Å²) in [6, 6.07) is 16.7. The first-order chi connectivity index (χ1) is 14.4. The minimum absolute atomic E-state index is 0.138. The van der Waals surface area contributed by atoms with Crippen LogP contribution in [-0.2, 0) is 6.18 Å². The molecule has 7 heteroatoms. The average molecular weight is 414 g/mol. The molecule has 1 fully saturated rings. The van der Waals surface area contributed by atoms with Gasteiger partial charge in [0.15, 0.2) is 0 Å². The fourth-order valence-corrected chi connectivity index (χ4v) is 3.77. The number of hydrogen-bond donors (Lipinski definition) is 0. The van der Waals surface area contributed by atoms with Gasteiger partial charge in [-0.1, -0.05) is 30.3 Å². The van der Waals surface area contributed by atoms with Crippen molar-refractivity contribution >= 4 is 22.4 Å². The van der Waals surface area contributed by atoms with Gasteiger partial charge in [0.05, 0.1) is 18.2 Å². The molecule has 1 aliphatic heterocycles. The number of anilines is 1. The van der Waals surface area contributed by atoms with E-state index in [4.69, 9.17) is 4.74 Å². The van der Waals surface area contributed by atoms with Crippen LogP contribution in [0.3, 0.4) is 0 Å². The number of carbonyl (C=O) groups excluding carboxylic acids is 1. The minimum Gasteiger partial charge on any atom is -0.496 e. The summed E-state index contributed by atoms with van der Waals surface area (Å²) in [5.41, 5.74) is 0.336. The van der Waals surface area contributed by atoms with Gasteiger partial charge >= 0.3 is 6.18 Å². The van der Waals surface area contributed by atoms with Gasteiger partial charge in [0.1, 0.15) is 5.75 Å². The number of benzene rings is 3. The van der Waals surface area contributed by atoms with Gasteiger partial charge in [-0.3, -0.25) is 4.79 Å². The molecule has 1 heterocycles. The summed E-state index contributed by atoms with van der Waals surface area (Å²) in [5, 5.41) is 1.93. The topological polar surface area (TPSA) is 32.8 Å². The molecule has 0 N–H and O–H groups in total. The van der Waals surface area contributed by atoms with Gasteiger partial charge < -0.3 is 14.5 Å². The molecule has 3 aromatic carbocycles. The number of nitrogens with zero attached hydrogens (tertiary/aromatic N) is 2. The molecule has 4 rings (SSSR count). The van der Waals surface area contributed by atoms with E-state index in [0.29, 0.717) is 43.2 Å². The standard InChI is InChI=1S/C23H21F3N2O2/c1-30-21-14-17-6-3-2-5-16(17)13-20(21)22(29)28-11-9-27(10-12-28)19-8-4-7-18(15-19)23(24,25)26/h2-8,13-15H,9-12H2,1H3. The maximum absolute atomic E-state index is 13.1. The van der Waals surface area contributed by atoms with E-state index in [0.717, 1.165) is 22.9 Å². The second-order valence-electron chi connectivity index (χ2n) is 7.23. The van der Waals surface area contributed by atoms with Crippen molar-refractivity contribution in [2.45, 2.75) is 6.18 Å². The van der Waals surface area contributed by atoms with Gasteiger partial charge in [-0.2, -0.15) is 13.2 Å². The fraction of sp³-hybridized carbons (Fsp3) is 0.261. The molecule has 0 bridgehead atoms. The van der Waals surface area contributed by atoms with E-state index in [1.807, 2.05) is 41.3 Å². The van der Waals surface area contributed by atoms with Crippen LogP contribution in [0, 0.1) is 0 Å². The van der Waals surface area contributed by atoms with E-state index in [1.165, 1.54) is 13.2 Å². The first-order valence-corrected chi connectivity index (χ1v) is 9.65. The zero-order valence-corrected chi connectivity index (χ0v) is 16.4. The Kier molecular flexibility index (Phi) is 5.28. The Balaban J connectivity index is 1.51. The number of halogens is 3. The number of amides is 1. The second kappa shape index (κ2) is 7.89. The monoisotopic (exact) mass is 414 g/mol. The van der Waals surface area contributed by atoms with Crippen molar-refractivity contribution in [3.05, 3.63) is 71.8 Å². The predicted octanol–water partition coefficient (Wildman–Crippen LogP) is 4.83. The maximum Gasteiger partial charge on any atom is 0.416 e. The number of carbonyl (C=O) groups is 1. The largest absolute Gasteiger partial charge is 0.496 e. The number of methoxy groups -OCH3 is 1. The van der Waals surface area contributed by atoms with E-state index >= 15 is 0 Å². The fourth-order valence-electron chi connectivity index (χ4n) is 3.77. The second-order valence-corrected chi connectivity index (χ2v) is 7.23. The molecular formula is C23H21F3N2O2. The van der Waals surface area contributed by atoms with Crippen molar-refractivity contribution in [1.29, 1.82) is 0 Å². The summed E-state index contributed by atoms with van der Waals surface area (Å²) in [4.78, 5) is 16.7. The quantitative estimate of drug-likeness (QED) is 0.616. The molecule has 0 unspecified atom stereocenters. The first kappa shape index (κ1) is 20.1. The first-order valence-electron chi connectivity index (χ1n) is 9.65. The van der Waals surface area contributed by atoms with Crippen LogP contribution < -0.4 is 9.64 Å². The van der Waals surface area contributed by atoms with Crippen molar-refractivity contribution < 1.29 is 22.7 Å². The van der Waals surface area contributed by atoms with E-state index in [1.54, 1.807) is 11.0 Å². The number of rotatable bonds is 3. The van der Waals surface area contributed by atoms with E-state index in [2.05, 4.69) is 0 Å².